The Hall–Kier alpha value is -2.37. The Balaban J connectivity index is 1.38. The molecule has 1 aliphatic carbocycles. The molecule has 0 spiro atoms. The number of nitrogens with zero attached hydrogens (tertiary/aromatic N) is 1. The van der Waals surface area contributed by atoms with Crippen LogP contribution >= 0.6 is 0 Å². The van der Waals surface area contributed by atoms with Crippen LogP contribution in [0.3, 0.4) is 0 Å². The number of rotatable bonds is 6. The lowest BCUT2D eigenvalue weighted by Gasteiger charge is -2.34. The lowest BCUT2D eigenvalue weighted by molar-refractivity contribution is -0.118. The van der Waals surface area contributed by atoms with E-state index in [0.717, 1.165) is 55.8 Å². The molecule has 1 saturated carbocycles. The van der Waals surface area contributed by atoms with E-state index in [1.165, 1.54) is 17.5 Å². The van der Waals surface area contributed by atoms with Crippen LogP contribution in [0.5, 0.6) is 5.75 Å². The minimum absolute atomic E-state index is 0.192. The van der Waals surface area contributed by atoms with Crippen molar-refractivity contribution in [3.8, 4) is 5.75 Å². The number of ether oxygens (including phenoxy) is 1. The highest BCUT2D eigenvalue weighted by Crippen LogP contribution is 2.37. The van der Waals surface area contributed by atoms with E-state index in [2.05, 4.69) is 53.1 Å². The molecule has 2 atom stereocenters. The molecule has 2 aliphatic heterocycles. The monoisotopic (exact) mass is 405 g/mol. The Morgan fingerprint density at radius 3 is 2.77 bits per heavy atom. The van der Waals surface area contributed by atoms with Gasteiger partial charge in [0.15, 0.2) is 0 Å². The molecule has 0 radical (unpaired) electrons. The summed E-state index contributed by atoms with van der Waals surface area (Å²) in [6.45, 7) is 1.80. The number of anilines is 1. The first-order chi connectivity index (χ1) is 14.7. The van der Waals surface area contributed by atoms with Gasteiger partial charge < -0.3 is 20.3 Å². The van der Waals surface area contributed by atoms with Crippen LogP contribution in [0.2, 0.25) is 0 Å². The molecule has 2 heterocycles. The lowest BCUT2D eigenvalue weighted by Crippen LogP contribution is -2.45. The van der Waals surface area contributed by atoms with Crippen molar-refractivity contribution in [2.45, 2.75) is 63.3 Å². The number of hydrogen-bond acceptors (Lipinski definition) is 4. The summed E-state index contributed by atoms with van der Waals surface area (Å²) in [7, 11) is 1.88. The number of benzene rings is 2. The molecular formula is C25H31N3O2. The van der Waals surface area contributed by atoms with Gasteiger partial charge in [-0.2, -0.15) is 0 Å². The SMILES string of the molecule is CN1C(=O)CCc2cc(OC3CC3)c(CN[C@H]3CCCN[C@H]3c3ccccc3)cc21. The number of carbonyl (C=O) groups is 1. The molecule has 2 aromatic carbocycles. The number of hydrogen-bond donors (Lipinski definition) is 2. The summed E-state index contributed by atoms with van der Waals surface area (Å²) < 4.78 is 6.28. The van der Waals surface area contributed by atoms with E-state index in [1.807, 2.05) is 7.05 Å². The Labute approximate surface area is 178 Å². The summed E-state index contributed by atoms with van der Waals surface area (Å²) in [5.41, 5.74) is 4.74. The third-order valence-electron chi connectivity index (χ3n) is 6.60. The molecule has 1 saturated heterocycles. The lowest BCUT2D eigenvalue weighted by atomic mass is 9.92. The number of nitrogens with one attached hydrogen (secondary N) is 2. The average Bonchev–Trinajstić information content (AvgIpc) is 3.60. The van der Waals surface area contributed by atoms with Gasteiger partial charge >= 0.3 is 0 Å². The quantitative estimate of drug-likeness (QED) is 0.769. The highest BCUT2D eigenvalue weighted by Gasteiger charge is 2.29. The van der Waals surface area contributed by atoms with Gasteiger partial charge in [0, 0.05) is 43.3 Å². The number of piperidine rings is 1. The Morgan fingerprint density at radius 2 is 1.97 bits per heavy atom. The van der Waals surface area contributed by atoms with Crippen LogP contribution < -0.4 is 20.3 Å². The number of carbonyl (C=O) groups excluding carboxylic acids is 1. The maximum atomic E-state index is 12.2. The summed E-state index contributed by atoms with van der Waals surface area (Å²) in [5.74, 6) is 1.18. The molecule has 2 N–H and O–H groups in total. The molecule has 30 heavy (non-hydrogen) atoms. The zero-order chi connectivity index (χ0) is 20.5. The van der Waals surface area contributed by atoms with Crippen LogP contribution in [0.25, 0.3) is 0 Å². The maximum Gasteiger partial charge on any atom is 0.227 e. The summed E-state index contributed by atoms with van der Waals surface area (Å²) >= 11 is 0. The standard InChI is InChI=1S/C25H31N3O2/c1-28-22-14-19(23(30-20-10-11-20)15-18(22)9-12-24(28)29)16-27-21-8-5-13-26-25(21)17-6-3-2-4-7-17/h2-4,6-7,14-15,20-21,25-27H,5,8-13,16H2,1H3/t21-,25-/m0/s1. The van der Waals surface area contributed by atoms with Crippen molar-refractivity contribution in [2.24, 2.45) is 0 Å². The van der Waals surface area contributed by atoms with Gasteiger partial charge in [-0.15, -0.1) is 0 Å². The highest BCUT2D eigenvalue weighted by atomic mass is 16.5. The summed E-state index contributed by atoms with van der Waals surface area (Å²) in [6.07, 6.45) is 6.35. The van der Waals surface area contributed by atoms with Crippen LogP contribution in [0.1, 0.15) is 54.8 Å². The van der Waals surface area contributed by atoms with Crippen LogP contribution in [0, 0.1) is 0 Å². The first kappa shape index (κ1) is 19.6. The van der Waals surface area contributed by atoms with Crippen LogP contribution in [-0.2, 0) is 17.8 Å². The van der Waals surface area contributed by atoms with Crippen molar-refractivity contribution in [1.29, 1.82) is 0 Å². The van der Waals surface area contributed by atoms with Crippen LogP contribution in [0.4, 0.5) is 5.69 Å². The third-order valence-corrected chi connectivity index (χ3v) is 6.60. The van der Waals surface area contributed by atoms with Crippen molar-refractivity contribution < 1.29 is 9.53 Å². The molecule has 5 rings (SSSR count). The van der Waals surface area contributed by atoms with Gasteiger partial charge in [-0.1, -0.05) is 30.3 Å². The first-order valence-electron chi connectivity index (χ1n) is 11.3. The Morgan fingerprint density at radius 1 is 1.13 bits per heavy atom. The average molecular weight is 406 g/mol. The van der Waals surface area contributed by atoms with E-state index in [1.54, 1.807) is 4.90 Å². The predicted octanol–water partition coefficient (Wildman–Crippen LogP) is 3.72. The van der Waals surface area contributed by atoms with E-state index in [9.17, 15) is 4.79 Å². The zero-order valence-corrected chi connectivity index (χ0v) is 17.7. The maximum absolute atomic E-state index is 12.2. The summed E-state index contributed by atoms with van der Waals surface area (Å²) in [5, 5.41) is 7.50. The summed E-state index contributed by atoms with van der Waals surface area (Å²) in [4.78, 5) is 14.0. The van der Waals surface area contributed by atoms with Crippen molar-refractivity contribution >= 4 is 11.6 Å². The van der Waals surface area contributed by atoms with Gasteiger partial charge in [0.1, 0.15) is 5.75 Å². The molecule has 5 nitrogen and oxygen atoms in total. The van der Waals surface area contributed by atoms with Gasteiger partial charge in [-0.25, -0.2) is 0 Å². The van der Waals surface area contributed by atoms with Crippen LogP contribution in [0.15, 0.2) is 42.5 Å². The predicted molar refractivity (Wildman–Crippen MR) is 119 cm³/mol. The molecule has 158 valence electrons. The van der Waals surface area contributed by atoms with Crippen LogP contribution in [-0.4, -0.2) is 31.6 Å². The second-order valence-corrected chi connectivity index (χ2v) is 8.83. The van der Waals surface area contributed by atoms with E-state index in [-0.39, 0.29) is 5.91 Å². The van der Waals surface area contributed by atoms with Gasteiger partial charge in [0.05, 0.1) is 6.10 Å². The normalized spacial score (nSPS) is 23.9. The minimum Gasteiger partial charge on any atom is -0.490 e. The fourth-order valence-corrected chi connectivity index (χ4v) is 4.68. The number of amides is 1. The second kappa shape index (κ2) is 8.40. The fraction of sp³-hybridized carbons (Fsp3) is 0.480. The highest BCUT2D eigenvalue weighted by molar-refractivity contribution is 5.96. The molecular weight excluding hydrogens is 374 g/mol. The van der Waals surface area contributed by atoms with E-state index in [0.29, 0.717) is 24.6 Å². The van der Waals surface area contributed by atoms with Crippen molar-refractivity contribution in [2.75, 3.05) is 18.5 Å². The largest absolute Gasteiger partial charge is 0.490 e. The van der Waals surface area contributed by atoms with Gasteiger partial charge in [0.25, 0.3) is 0 Å². The second-order valence-electron chi connectivity index (χ2n) is 8.83. The van der Waals surface area contributed by atoms with E-state index < -0.39 is 0 Å². The molecule has 5 heteroatoms. The smallest absolute Gasteiger partial charge is 0.227 e. The fourth-order valence-electron chi connectivity index (χ4n) is 4.68. The minimum atomic E-state index is 0.192. The van der Waals surface area contributed by atoms with Gasteiger partial charge in [0.2, 0.25) is 5.91 Å². The van der Waals surface area contributed by atoms with Gasteiger partial charge in [-0.3, -0.25) is 4.79 Å². The Kier molecular flexibility index (Phi) is 5.48. The number of aryl methyl sites for hydroxylation is 1. The molecule has 0 aromatic heterocycles. The van der Waals surface area contributed by atoms with E-state index in [4.69, 9.17) is 4.74 Å². The molecule has 0 bridgehead atoms. The molecule has 0 unspecified atom stereocenters. The van der Waals surface area contributed by atoms with Gasteiger partial charge in [-0.05, 0) is 61.9 Å². The first-order valence-corrected chi connectivity index (χ1v) is 11.3. The molecule has 3 aliphatic rings. The topological polar surface area (TPSA) is 53.6 Å². The van der Waals surface area contributed by atoms with Crippen molar-refractivity contribution in [1.82, 2.24) is 10.6 Å². The van der Waals surface area contributed by atoms with E-state index >= 15 is 0 Å². The van der Waals surface area contributed by atoms with Crippen molar-refractivity contribution in [3.63, 3.8) is 0 Å². The molecule has 2 aromatic rings. The van der Waals surface area contributed by atoms with Crippen molar-refractivity contribution in [3.05, 3.63) is 59.2 Å². The zero-order valence-electron chi connectivity index (χ0n) is 17.7. The number of fused-ring (bicyclic) bond motifs is 1. The Bertz CT molecular complexity index is 910. The third kappa shape index (κ3) is 4.09. The molecule has 2 fully saturated rings. The molecule has 1 amide bonds. The summed E-state index contributed by atoms with van der Waals surface area (Å²) in [6, 6.07) is 15.7.